The molecule has 0 saturated carbocycles. The summed E-state index contributed by atoms with van der Waals surface area (Å²) in [5, 5.41) is 7.23. The normalized spacial score (nSPS) is 11.4. The monoisotopic (exact) mass is 284 g/mol. The third-order valence-corrected chi connectivity index (χ3v) is 3.94. The molecule has 98 valence electrons. The molecular weight excluding hydrogens is 268 g/mol. The van der Waals surface area contributed by atoms with Crippen molar-refractivity contribution in [2.45, 2.75) is 26.4 Å². The van der Waals surface area contributed by atoms with Crippen LogP contribution in [0.2, 0.25) is 5.15 Å². The van der Waals surface area contributed by atoms with E-state index in [1.54, 1.807) is 16.0 Å². The van der Waals surface area contributed by atoms with Gasteiger partial charge in [-0.2, -0.15) is 5.10 Å². The second-order valence-corrected chi connectivity index (χ2v) is 5.42. The lowest BCUT2D eigenvalue weighted by Crippen LogP contribution is -2.18. The van der Waals surface area contributed by atoms with Crippen molar-refractivity contribution in [1.29, 1.82) is 0 Å². The highest BCUT2D eigenvalue weighted by Crippen LogP contribution is 2.21. The lowest BCUT2D eigenvalue weighted by Gasteiger charge is -2.15. The third-order valence-electron chi connectivity index (χ3n) is 2.83. The molecule has 0 saturated heterocycles. The van der Waals surface area contributed by atoms with Crippen molar-refractivity contribution in [3.8, 4) is 0 Å². The van der Waals surface area contributed by atoms with E-state index in [0.717, 1.165) is 41.6 Å². The van der Waals surface area contributed by atoms with Crippen LogP contribution in [0.4, 0.5) is 0 Å². The molecule has 0 amide bonds. The molecule has 18 heavy (non-hydrogen) atoms. The van der Waals surface area contributed by atoms with Crippen molar-refractivity contribution in [2.24, 2.45) is 7.05 Å². The smallest absolute Gasteiger partial charge is 0.131 e. The molecule has 6 heteroatoms. The molecule has 0 aliphatic heterocycles. The van der Waals surface area contributed by atoms with Crippen molar-refractivity contribution in [3.63, 3.8) is 0 Å². The predicted molar refractivity (Wildman–Crippen MR) is 74.9 cm³/mol. The fraction of sp³-hybridized carbons (Fsp3) is 0.500. The number of aryl methyl sites for hydroxylation is 2. The van der Waals surface area contributed by atoms with Crippen molar-refractivity contribution in [3.05, 3.63) is 33.0 Å². The van der Waals surface area contributed by atoms with Crippen LogP contribution in [0.5, 0.6) is 0 Å². The van der Waals surface area contributed by atoms with Gasteiger partial charge < -0.3 is 0 Å². The number of hydrogen-bond donors (Lipinski definition) is 0. The summed E-state index contributed by atoms with van der Waals surface area (Å²) in [6.45, 7) is 3.73. The molecule has 2 aromatic heterocycles. The molecule has 0 fully saturated rings. The average Bonchev–Trinajstić information content (AvgIpc) is 2.92. The number of hydrogen-bond acceptors (Lipinski definition) is 4. The lowest BCUT2D eigenvalue weighted by molar-refractivity contribution is 0.315. The Kier molecular flexibility index (Phi) is 4.37. The first-order valence-electron chi connectivity index (χ1n) is 5.87. The molecule has 0 N–H and O–H groups in total. The molecule has 0 aliphatic rings. The number of nitrogens with zero attached hydrogens (tertiary/aromatic N) is 4. The van der Waals surface area contributed by atoms with E-state index < -0.39 is 0 Å². The third kappa shape index (κ3) is 2.91. The summed E-state index contributed by atoms with van der Waals surface area (Å²) < 4.78 is 1.74. The molecule has 0 atom stereocenters. The van der Waals surface area contributed by atoms with Gasteiger partial charge in [-0.25, -0.2) is 4.98 Å². The van der Waals surface area contributed by atoms with Crippen LogP contribution in [0.25, 0.3) is 0 Å². The summed E-state index contributed by atoms with van der Waals surface area (Å²) in [5.41, 5.74) is 5.16. The molecule has 0 unspecified atom stereocenters. The maximum Gasteiger partial charge on any atom is 0.131 e. The van der Waals surface area contributed by atoms with E-state index in [1.807, 2.05) is 12.6 Å². The first-order chi connectivity index (χ1) is 8.61. The van der Waals surface area contributed by atoms with Gasteiger partial charge in [-0.05, 0) is 13.5 Å². The molecule has 2 heterocycles. The Labute approximate surface area is 116 Å². The first kappa shape index (κ1) is 13.5. The van der Waals surface area contributed by atoms with Crippen LogP contribution in [0.15, 0.2) is 10.9 Å². The highest BCUT2D eigenvalue weighted by atomic mass is 35.5. The highest BCUT2D eigenvalue weighted by molar-refractivity contribution is 7.07. The summed E-state index contributed by atoms with van der Waals surface area (Å²) in [5.74, 6) is 0. The summed E-state index contributed by atoms with van der Waals surface area (Å²) in [4.78, 5) is 6.50. The fourth-order valence-electron chi connectivity index (χ4n) is 1.96. The Balaban J connectivity index is 2.09. The second kappa shape index (κ2) is 5.82. The van der Waals surface area contributed by atoms with Crippen LogP contribution in [0.3, 0.4) is 0 Å². The van der Waals surface area contributed by atoms with E-state index in [1.165, 1.54) is 0 Å². The van der Waals surface area contributed by atoms with Crippen LogP contribution in [-0.2, 0) is 26.6 Å². The molecule has 2 rings (SSSR count). The SMILES string of the molecule is CCc1nn(C)c(Cl)c1CN(C)Cc1cscn1. The molecule has 0 spiro atoms. The Hall–Kier alpha value is -0.910. The van der Waals surface area contributed by atoms with Gasteiger partial charge in [0.25, 0.3) is 0 Å². The van der Waals surface area contributed by atoms with Crippen LogP contribution in [0.1, 0.15) is 23.9 Å². The number of rotatable bonds is 5. The van der Waals surface area contributed by atoms with Gasteiger partial charge in [0.05, 0.1) is 16.9 Å². The summed E-state index contributed by atoms with van der Waals surface area (Å²) >= 11 is 7.90. The first-order valence-corrected chi connectivity index (χ1v) is 7.19. The summed E-state index contributed by atoms with van der Waals surface area (Å²) in [6.07, 6.45) is 0.903. The van der Waals surface area contributed by atoms with Gasteiger partial charge in [-0.15, -0.1) is 11.3 Å². The van der Waals surface area contributed by atoms with Gasteiger partial charge in [0.1, 0.15) is 5.15 Å². The number of aromatic nitrogens is 3. The van der Waals surface area contributed by atoms with E-state index in [4.69, 9.17) is 11.6 Å². The van der Waals surface area contributed by atoms with E-state index in [9.17, 15) is 0 Å². The van der Waals surface area contributed by atoms with Gasteiger partial charge in [0.15, 0.2) is 0 Å². The maximum atomic E-state index is 6.28. The van der Waals surface area contributed by atoms with Gasteiger partial charge in [0.2, 0.25) is 0 Å². The molecule has 0 bridgehead atoms. The molecule has 2 aromatic rings. The van der Waals surface area contributed by atoms with E-state index >= 15 is 0 Å². The minimum Gasteiger partial charge on any atom is -0.296 e. The Morgan fingerprint density at radius 3 is 2.83 bits per heavy atom. The second-order valence-electron chi connectivity index (χ2n) is 4.35. The summed E-state index contributed by atoms with van der Waals surface area (Å²) in [7, 11) is 3.95. The van der Waals surface area contributed by atoms with Gasteiger partial charge >= 0.3 is 0 Å². The van der Waals surface area contributed by atoms with E-state index in [0.29, 0.717) is 0 Å². The van der Waals surface area contributed by atoms with Crippen LogP contribution >= 0.6 is 22.9 Å². The van der Waals surface area contributed by atoms with E-state index in [-0.39, 0.29) is 0 Å². The van der Waals surface area contributed by atoms with Crippen LogP contribution < -0.4 is 0 Å². The maximum absolute atomic E-state index is 6.28. The fourth-order valence-corrected chi connectivity index (χ4v) is 2.71. The van der Waals surface area contributed by atoms with Crippen molar-refractivity contribution >= 4 is 22.9 Å². The van der Waals surface area contributed by atoms with Gasteiger partial charge in [-0.1, -0.05) is 18.5 Å². The van der Waals surface area contributed by atoms with Crippen molar-refractivity contribution in [1.82, 2.24) is 19.7 Å². The average molecular weight is 285 g/mol. The topological polar surface area (TPSA) is 34.0 Å². The lowest BCUT2D eigenvalue weighted by atomic mass is 10.2. The van der Waals surface area contributed by atoms with Crippen molar-refractivity contribution < 1.29 is 0 Å². The van der Waals surface area contributed by atoms with Crippen molar-refractivity contribution in [2.75, 3.05) is 7.05 Å². The Morgan fingerprint density at radius 2 is 2.22 bits per heavy atom. The zero-order valence-electron chi connectivity index (χ0n) is 10.9. The largest absolute Gasteiger partial charge is 0.296 e. The van der Waals surface area contributed by atoms with Crippen LogP contribution in [0, 0.1) is 0 Å². The highest BCUT2D eigenvalue weighted by Gasteiger charge is 2.15. The van der Waals surface area contributed by atoms with Gasteiger partial charge in [0, 0.05) is 31.1 Å². The molecule has 0 radical (unpaired) electrons. The van der Waals surface area contributed by atoms with Gasteiger partial charge in [-0.3, -0.25) is 9.58 Å². The molecule has 0 aliphatic carbocycles. The molecule has 0 aromatic carbocycles. The predicted octanol–water partition coefficient (Wildman–Crippen LogP) is 2.72. The quantitative estimate of drug-likeness (QED) is 0.847. The summed E-state index contributed by atoms with van der Waals surface area (Å²) in [6, 6.07) is 0. The number of thiazole rings is 1. The van der Waals surface area contributed by atoms with Crippen LogP contribution in [-0.4, -0.2) is 26.7 Å². The Morgan fingerprint density at radius 1 is 1.44 bits per heavy atom. The number of halogens is 1. The zero-order valence-corrected chi connectivity index (χ0v) is 12.4. The molecule has 4 nitrogen and oxygen atoms in total. The minimum absolute atomic E-state index is 0.733. The standard InChI is InChI=1S/C12H17ClN4S/c1-4-11-10(12(13)17(3)15-11)6-16(2)5-9-7-18-8-14-9/h7-8H,4-6H2,1-3H3. The van der Waals surface area contributed by atoms with E-state index in [2.05, 4.69) is 34.3 Å². The minimum atomic E-state index is 0.733. The zero-order chi connectivity index (χ0) is 13.1. The Bertz CT molecular complexity index is 506. The molecular formula is C12H17ClN4S.